The molecule has 28 heavy (non-hydrogen) atoms. The van der Waals surface area contributed by atoms with E-state index < -0.39 is 11.7 Å². The number of hydrogen-bond donors (Lipinski definition) is 2. The van der Waals surface area contributed by atoms with Gasteiger partial charge in [-0.1, -0.05) is 53.7 Å². The van der Waals surface area contributed by atoms with Crippen LogP contribution in [-0.4, -0.2) is 21.0 Å². The van der Waals surface area contributed by atoms with Gasteiger partial charge in [-0.2, -0.15) is 0 Å². The molecule has 0 radical (unpaired) electrons. The van der Waals surface area contributed by atoms with Crippen molar-refractivity contribution in [3.05, 3.63) is 77.3 Å². The molecule has 0 aliphatic carbocycles. The van der Waals surface area contributed by atoms with Gasteiger partial charge in [0.15, 0.2) is 0 Å². The molecule has 0 saturated carbocycles. The fourth-order valence-electron chi connectivity index (χ4n) is 2.88. The van der Waals surface area contributed by atoms with Crippen LogP contribution in [0.25, 0.3) is 22.2 Å². The molecule has 7 heteroatoms. The minimum Gasteiger partial charge on any atom is -0.872 e. The fraction of sp³-hybridized carbons (Fsp3) is 0. The summed E-state index contributed by atoms with van der Waals surface area (Å²) in [6.07, 6.45) is 0. The highest BCUT2D eigenvalue weighted by Crippen LogP contribution is 2.30. The molecule has 4 rings (SSSR count). The number of aromatic carboxylic acids is 1. The lowest BCUT2D eigenvalue weighted by atomic mass is 10.1. The van der Waals surface area contributed by atoms with Crippen molar-refractivity contribution in [2.24, 2.45) is 0 Å². The third-order valence-corrected chi connectivity index (χ3v) is 4.41. The Labute approximate surface area is 165 Å². The van der Waals surface area contributed by atoms with Crippen molar-refractivity contribution in [2.45, 2.75) is 0 Å². The van der Waals surface area contributed by atoms with Gasteiger partial charge >= 0.3 is 5.97 Å². The van der Waals surface area contributed by atoms with E-state index in [1.54, 1.807) is 18.2 Å². The number of anilines is 2. The van der Waals surface area contributed by atoms with Crippen LogP contribution < -0.4 is 10.4 Å². The lowest BCUT2D eigenvalue weighted by molar-refractivity contribution is -0.268. The third-order valence-electron chi connectivity index (χ3n) is 4.17. The van der Waals surface area contributed by atoms with Crippen LogP contribution >= 0.6 is 11.6 Å². The second-order valence-electron chi connectivity index (χ2n) is 6.06. The second-order valence-corrected chi connectivity index (χ2v) is 6.50. The zero-order chi connectivity index (χ0) is 19.7. The summed E-state index contributed by atoms with van der Waals surface area (Å²) >= 11 is 6.15. The van der Waals surface area contributed by atoms with Gasteiger partial charge in [0, 0.05) is 21.7 Å². The van der Waals surface area contributed by atoms with E-state index in [2.05, 4.69) is 15.3 Å². The van der Waals surface area contributed by atoms with Gasteiger partial charge < -0.3 is 15.5 Å². The number of carboxylic acid groups (broad SMARTS) is 1. The molecule has 1 aromatic heterocycles. The molecular formula is C21H13ClN3O3-. The van der Waals surface area contributed by atoms with Crippen molar-refractivity contribution in [1.82, 2.24) is 9.97 Å². The average molecular weight is 391 g/mol. The molecule has 0 amide bonds. The summed E-state index contributed by atoms with van der Waals surface area (Å²) in [5.41, 5.74) is 2.35. The molecule has 0 spiro atoms. The molecule has 3 aromatic carbocycles. The van der Waals surface area contributed by atoms with Crippen LogP contribution in [0, 0.1) is 0 Å². The summed E-state index contributed by atoms with van der Waals surface area (Å²) in [6.45, 7) is 0. The van der Waals surface area contributed by atoms with E-state index in [0.29, 0.717) is 21.9 Å². The van der Waals surface area contributed by atoms with Crippen LogP contribution in [0.15, 0.2) is 66.7 Å². The summed E-state index contributed by atoms with van der Waals surface area (Å²) in [6, 6.07) is 18.9. The minimum absolute atomic E-state index is 0.281. The summed E-state index contributed by atoms with van der Waals surface area (Å²) in [5.74, 6) is -1.56. The van der Waals surface area contributed by atoms with E-state index in [-0.39, 0.29) is 11.5 Å². The predicted octanol–water partition coefficient (Wildman–Crippen LogP) is 4.47. The Balaban J connectivity index is 1.84. The molecule has 0 fully saturated rings. The van der Waals surface area contributed by atoms with Gasteiger partial charge in [0.05, 0.1) is 16.8 Å². The first-order valence-electron chi connectivity index (χ1n) is 8.35. The van der Waals surface area contributed by atoms with Gasteiger partial charge in [0.25, 0.3) is 0 Å². The van der Waals surface area contributed by atoms with E-state index in [9.17, 15) is 9.90 Å². The molecule has 0 aliphatic rings. The summed E-state index contributed by atoms with van der Waals surface area (Å²) in [7, 11) is 0. The van der Waals surface area contributed by atoms with Crippen molar-refractivity contribution in [3.8, 4) is 17.0 Å². The van der Waals surface area contributed by atoms with Gasteiger partial charge in [0.2, 0.25) is 5.95 Å². The Morgan fingerprint density at radius 3 is 2.54 bits per heavy atom. The maximum absolute atomic E-state index is 11.7. The molecule has 0 aliphatic heterocycles. The van der Waals surface area contributed by atoms with Gasteiger partial charge in [0.1, 0.15) is 0 Å². The van der Waals surface area contributed by atoms with E-state index in [0.717, 1.165) is 10.9 Å². The monoisotopic (exact) mass is 390 g/mol. The highest BCUT2D eigenvalue weighted by molar-refractivity contribution is 6.31. The first-order valence-corrected chi connectivity index (χ1v) is 8.73. The number of benzene rings is 3. The van der Waals surface area contributed by atoms with E-state index >= 15 is 0 Å². The fourth-order valence-corrected chi connectivity index (χ4v) is 3.05. The predicted molar refractivity (Wildman–Crippen MR) is 106 cm³/mol. The van der Waals surface area contributed by atoms with Crippen LogP contribution in [0.2, 0.25) is 5.02 Å². The van der Waals surface area contributed by atoms with Crippen LogP contribution in [0.5, 0.6) is 5.75 Å². The smallest absolute Gasteiger partial charge is 0.335 e. The Morgan fingerprint density at radius 1 is 1.00 bits per heavy atom. The SMILES string of the molecule is O=C(O)c1cc(Nc2nc(-c3ccccc3)c3cc(Cl)ccc3n2)ccc1[O-]. The van der Waals surface area contributed by atoms with Gasteiger partial charge in [-0.15, -0.1) is 0 Å². The third kappa shape index (κ3) is 3.45. The average Bonchev–Trinajstić information content (AvgIpc) is 2.69. The standard InChI is InChI=1S/C21H14ClN3O3/c22-13-6-8-17-15(10-13)19(12-4-2-1-3-5-12)25-21(24-17)23-14-7-9-18(26)16(11-14)20(27)28/h1-11,26H,(H,27,28)(H,23,24,25)/p-1. The normalized spacial score (nSPS) is 10.8. The largest absolute Gasteiger partial charge is 0.872 e. The number of carbonyl (C=O) groups is 1. The molecular weight excluding hydrogens is 378 g/mol. The first kappa shape index (κ1) is 17.8. The molecule has 1 heterocycles. The number of fused-ring (bicyclic) bond motifs is 1. The molecule has 0 atom stereocenters. The summed E-state index contributed by atoms with van der Waals surface area (Å²) in [4.78, 5) is 20.3. The van der Waals surface area contributed by atoms with E-state index in [1.165, 1.54) is 18.2 Å². The lowest BCUT2D eigenvalue weighted by Crippen LogP contribution is -2.05. The maximum Gasteiger partial charge on any atom is 0.335 e. The van der Waals surface area contributed by atoms with Crippen LogP contribution in [-0.2, 0) is 0 Å². The Bertz CT molecular complexity index is 1200. The van der Waals surface area contributed by atoms with Gasteiger partial charge in [-0.3, -0.25) is 0 Å². The number of nitrogens with one attached hydrogen (secondary N) is 1. The molecule has 138 valence electrons. The maximum atomic E-state index is 11.7. The minimum atomic E-state index is -1.28. The van der Waals surface area contributed by atoms with Crippen molar-refractivity contribution in [3.63, 3.8) is 0 Å². The van der Waals surface area contributed by atoms with Gasteiger partial charge in [-0.25, -0.2) is 14.8 Å². The number of hydrogen-bond acceptors (Lipinski definition) is 5. The van der Waals surface area contributed by atoms with Crippen LogP contribution in [0.3, 0.4) is 0 Å². The summed E-state index contributed by atoms with van der Waals surface area (Å²) in [5, 5.41) is 25.2. The molecule has 0 saturated heterocycles. The number of carboxylic acids is 1. The topological polar surface area (TPSA) is 98.2 Å². The van der Waals surface area contributed by atoms with Crippen molar-refractivity contribution < 1.29 is 15.0 Å². The van der Waals surface area contributed by atoms with Crippen LogP contribution in [0.4, 0.5) is 11.6 Å². The Kier molecular flexibility index (Phi) is 4.55. The lowest BCUT2D eigenvalue weighted by Gasteiger charge is -2.14. The second kappa shape index (κ2) is 7.17. The van der Waals surface area contributed by atoms with Crippen molar-refractivity contribution >= 4 is 40.1 Å². The number of rotatable bonds is 4. The molecule has 0 unspecified atom stereocenters. The Morgan fingerprint density at radius 2 is 1.79 bits per heavy atom. The van der Waals surface area contributed by atoms with Crippen molar-refractivity contribution in [1.29, 1.82) is 0 Å². The zero-order valence-electron chi connectivity index (χ0n) is 14.4. The molecule has 0 bridgehead atoms. The quantitative estimate of drug-likeness (QED) is 0.533. The molecule has 6 nitrogen and oxygen atoms in total. The highest BCUT2D eigenvalue weighted by atomic mass is 35.5. The highest BCUT2D eigenvalue weighted by Gasteiger charge is 2.12. The first-order chi connectivity index (χ1) is 13.5. The van der Waals surface area contributed by atoms with Gasteiger partial charge in [-0.05, 0) is 30.3 Å². The zero-order valence-corrected chi connectivity index (χ0v) is 15.1. The Hall–Kier alpha value is -3.64. The summed E-state index contributed by atoms with van der Waals surface area (Å²) < 4.78 is 0. The van der Waals surface area contributed by atoms with E-state index in [1.807, 2.05) is 30.3 Å². The molecule has 4 aromatic rings. The molecule has 2 N–H and O–H groups in total. The van der Waals surface area contributed by atoms with Crippen LogP contribution in [0.1, 0.15) is 10.4 Å². The number of halogens is 1. The van der Waals surface area contributed by atoms with Crippen molar-refractivity contribution in [2.75, 3.05) is 5.32 Å². The van der Waals surface area contributed by atoms with E-state index in [4.69, 9.17) is 16.7 Å². The number of aromatic nitrogens is 2. The number of nitrogens with zero attached hydrogens (tertiary/aromatic N) is 2.